The quantitative estimate of drug-likeness (QED) is 0.660. The second kappa shape index (κ2) is 6.37. The van der Waals surface area contributed by atoms with Gasteiger partial charge in [-0.2, -0.15) is 0 Å². The molecule has 0 aliphatic carbocycles. The van der Waals surface area contributed by atoms with Crippen molar-refractivity contribution in [3.05, 3.63) is 65.9 Å². The van der Waals surface area contributed by atoms with Gasteiger partial charge >= 0.3 is 0 Å². The van der Waals surface area contributed by atoms with Gasteiger partial charge < -0.3 is 16.0 Å². The van der Waals surface area contributed by atoms with Crippen molar-refractivity contribution in [2.75, 3.05) is 0 Å². The van der Waals surface area contributed by atoms with Crippen LogP contribution in [0.25, 0.3) is 27.9 Å². The predicted molar refractivity (Wildman–Crippen MR) is 99.2 cm³/mol. The van der Waals surface area contributed by atoms with E-state index in [-0.39, 0.29) is 0 Å². The number of aromatic amines is 1. The summed E-state index contributed by atoms with van der Waals surface area (Å²) >= 11 is 6.42. The summed E-state index contributed by atoms with van der Waals surface area (Å²) in [6.07, 6.45) is 3.24. The number of fused-ring (bicyclic) bond motifs is 1. The Balaban J connectivity index is 1.97. The van der Waals surface area contributed by atoms with Gasteiger partial charge in [0.2, 0.25) is 0 Å². The van der Waals surface area contributed by atoms with E-state index in [4.69, 9.17) is 17.3 Å². The molecule has 6 heteroatoms. The Bertz CT molecular complexity index is 924. The third-order valence-corrected chi connectivity index (χ3v) is 3.91. The average Bonchev–Trinajstić information content (AvgIpc) is 2.94. The molecule has 1 aromatic carbocycles. The van der Waals surface area contributed by atoms with Crippen LogP contribution in [0.1, 0.15) is 18.3 Å². The number of hydrogen-bond donors (Lipinski definition) is 3. The van der Waals surface area contributed by atoms with Gasteiger partial charge in [0.25, 0.3) is 0 Å². The number of H-pyrrole nitrogens is 1. The number of halogens is 1. The zero-order valence-electron chi connectivity index (χ0n) is 13.4. The third-order valence-electron chi connectivity index (χ3n) is 3.60. The maximum Gasteiger partial charge on any atom is 0.104 e. The fourth-order valence-electron chi connectivity index (χ4n) is 2.38. The van der Waals surface area contributed by atoms with Crippen LogP contribution in [-0.4, -0.2) is 15.0 Å². The van der Waals surface area contributed by atoms with Crippen LogP contribution < -0.4 is 11.1 Å². The van der Waals surface area contributed by atoms with Crippen LogP contribution in [0.4, 0.5) is 0 Å². The summed E-state index contributed by atoms with van der Waals surface area (Å²) in [5.74, 6) is 0. The minimum Gasteiger partial charge on any atom is -0.397 e. The summed E-state index contributed by atoms with van der Waals surface area (Å²) in [7, 11) is 0. The van der Waals surface area contributed by atoms with E-state index in [0.717, 1.165) is 27.9 Å². The van der Waals surface area contributed by atoms with E-state index >= 15 is 0 Å². The van der Waals surface area contributed by atoms with Crippen LogP contribution in [0.5, 0.6) is 0 Å². The van der Waals surface area contributed by atoms with Crippen molar-refractivity contribution >= 4 is 28.2 Å². The predicted octanol–water partition coefficient (Wildman–Crippen LogP) is 3.83. The molecule has 4 N–H and O–H groups in total. The molecule has 3 aromatic rings. The highest BCUT2D eigenvalue weighted by molar-refractivity contribution is 6.34. The molecule has 0 aliphatic rings. The zero-order chi connectivity index (χ0) is 17.3. The highest BCUT2D eigenvalue weighted by Crippen LogP contribution is 2.31. The Kier molecular flexibility index (Phi) is 4.27. The zero-order valence-corrected chi connectivity index (χ0v) is 14.1. The van der Waals surface area contributed by atoms with Gasteiger partial charge in [-0.1, -0.05) is 24.8 Å². The number of allylic oxidation sites excluding steroid dienone is 1. The highest BCUT2D eigenvalue weighted by atomic mass is 35.5. The van der Waals surface area contributed by atoms with Crippen molar-refractivity contribution in [2.45, 2.75) is 13.5 Å². The molecule has 0 saturated heterocycles. The smallest absolute Gasteiger partial charge is 0.104 e. The van der Waals surface area contributed by atoms with Gasteiger partial charge in [-0.15, -0.1) is 0 Å². The topological polar surface area (TPSA) is 79.6 Å². The molecule has 24 heavy (non-hydrogen) atoms. The second-order valence-electron chi connectivity index (χ2n) is 5.66. The molecule has 0 atom stereocenters. The minimum absolute atomic E-state index is 0.384. The Morgan fingerprint density at radius 2 is 2.04 bits per heavy atom. The molecule has 0 bridgehead atoms. The van der Waals surface area contributed by atoms with Crippen LogP contribution in [0.15, 0.2) is 49.4 Å². The van der Waals surface area contributed by atoms with E-state index in [2.05, 4.69) is 39.5 Å². The van der Waals surface area contributed by atoms with Crippen molar-refractivity contribution in [2.24, 2.45) is 5.73 Å². The summed E-state index contributed by atoms with van der Waals surface area (Å²) in [4.78, 5) is 12.0. The molecule has 122 valence electrons. The fourth-order valence-corrected chi connectivity index (χ4v) is 2.65. The van der Waals surface area contributed by atoms with Crippen molar-refractivity contribution < 1.29 is 0 Å². The summed E-state index contributed by atoms with van der Waals surface area (Å²) in [5.41, 5.74) is 11.0. The van der Waals surface area contributed by atoms with Gasteiger partial charge in [0.1, 0.15) is 5.69 Å². The van der Waals surface area contributed by atoms with Crippen LogP contribution >= 0.6 is 11.6 Å². The summed E-state index contributed by atoms with van der Waals surface area (Å²) < 4.78 is 0. The standard InChI is InChI=1S/C18H18ClN5/c1-10(2)21-7-13-4-12-5-15(19)14(6-16(12)24-13)18-9-22-17(8-23-18)11(3)20/h4-6,8-9,21,24H,1,3,7,20H2,2H3. The van der Waals surface area contributed by atoms with Crippen molar-refractivity contribution in [1.82, 2.24) is 20.3 Å². The molecule has 5 nitrogen and oxygen atoms in total. The molecule has 0 radical (unpaired) electrons. The lowest BCUT2D eigenvalue weighted by molar-refractivity contribution is 0.798. The molecule has 0 spiro atoms. The molecule has 0 aliphatic heterocycles. The molecule has 2 heterocycles. The van der Waals surface area contributed by atoms with E-state index in [1.165, 1.54) is 0 Å². The van der Waals surface area contributed by atoms with E-state index < -0.39 is 0 Å². The van der Waals surface area contributed by atoms with E-state index in [1.807, 2.05) is 19.1 Å². The summed E-state index contributed by atoms with van der Waals surface area (Å²) in [6.45, 7) is 10.1. The minimum atomic E-state index is 0.384. The Morgan fingerprint density at radius 1 is 1.25 bits per heavy atom. The first-order valence-electron chi connectivity index (χ1n) is 7.41. The first-order chi connectivity index (χ1) is 11.4. The number of nitrogens with one attached hydrogen (secondary N) is 2. The number of rotatable bonds is 5. The first kappa shape index (κ1) is 16.1. The fraction of sp³-hybridized carbons (Fsp3) is 0.111. The third kappa shape index (κ3) is 3.26. The molecule has 0 saturated carbocycles. The van der Waals surface area contributed by atoms with Gasteiger partial charge in [0.15, 0.2) is 0 Å². The van der Waals surface area contributed by atoms with Gasteiger partial charge in [0.05, 0.1) is 35.4 Å². The molecule has 0 unspecified atom stereocenters. The first-order valence-corrected chi connectivity index (χ1v) is 7.79. The number of nitrogens with two attached hydrogens (primary N) is 1. The lowest BCUT2D eigenvalue weighted by atomic mass is 10.1. The average molecular weight is 340 g/mol. The number of benzene rings is 1. The van der Waals surface area contributed by atoms with E-state index in [9.17, 15) is 0 Å². The summed E-state index contributed by atoms with van der Waals surface area (Å²) in [5, 5.41) is 4.86. The van der Waals surface area contributed by atoms with Crippen LogP contribution in [0, 0.1) is 0 Å². The van der Waals surface area contributed by atoms with Gasteiger partial charge in [-0.3, -0.25) is 9.97 Å². The Hall–Kier alpha value is -2.79. The molecule has 2 aromatic heterocycles. The molecular weight excluding hydrogens is 322 g/mol. The maximum atomic E-state index is 6.42. The van der Waals surface area contributed by atoms with Gasteiger partial charge in [0, 0.05) is 27.9 Å². The van der Waals surface area contributed by atoms with E-state index in [0.29, 0.717) is 28.7 Å². The molecule has 3 rings (SSSR count). The lowest BCUT2D eigenvalue weighted by Crippen LogP contribution is -2.09. The number of hydrogen-bond acceptors (Lipinski definition) is 4. The van der Waals surface area contributed by atoms with Crippen LogP contribution in [-0.2, 0) is 6.54 Å². The second-order valence-corrected chi connectivity index (χ2v) is 6.07. The largest absolute Gasteiger partial charge is 0.397 e. The molecular formula is C18H18ClN5. The van der Waals surface area contributed by atoms with Crippen molar-refractivity contribution in [3.63, 3.8) is 0 Å². The number of aromatic nitrogens is 3. The Labute approximate surface area is 145 Å². The molecule has 0 fully saturated rings. The normalized spacial score (nSPS) is 10.8. The van der Waals surface area contributed by atoms with Crippen molar-refractivity contribution in [3.8, 4) is 11.3 Å². The van der Waals surface area contributed by atoms with Crippen LogP contribution in [0.3, 0.4) is 0 Å². The summed E-state index contributed by atoms with van der Waals surface area (Å²) in [6, 6.07) is 5.96. The van der Waals surface area contributed by atoms with Gasteiger partial charge in [-0.25, -0.2) is 0 Å². The van der Waals surface area contributed by atoms with Gasteiger partial charge in [-0.05, 0) is 25.1 Å². The lowest BCUT2D eigenvalue weighted by Gasteiger charge is -2.05. The maximum absolute atomic E-state index is 6.42. The number of nitrogens with zero attached hydrogens (tertiary/aromatic N) is 2. The van der Waals surface area contributed by atoms with E-state index in [1.54, 1.807) is 12.4 Å². The SMILES string of the molecule is C=C(C)NCc1cc2cc(Cl)c(-c3cnc(C(=C)N)cn3)cc2[nH]1. The van der Waals surface area contributed by atoms with Crippen LogP contribution in [0.2, 0.25) is 5.02 Å². The van der Waals surface area contributed by atoms with Crippen molar-refractivity contribution in [1.29, 1.82) is 0 Å². The molecule has 0 amide bonds. The monoisotopic (exact) mass is 339 g/mol. The Morgan fingerprint density at radius 3 is 2.67 bits per heavy atom. The highest BCUT2D eigenvalue weighted by Gasteiger charge is 2.10.